The second-order valence-electron chi connectivity index (χ2n) is 5.82. The molecule has 0 aromatic heterocycles. The van der Waals surface area contributed by atoms with Gasteiger partial charge in [-0.05, 0) is 30.7 Å². The molecule has 1 aliphatic rings. The van der Waals surface area contributed by atoms with Crippen molar-refractivity contribution in [3.05, 3.63) is 58.1 Å². The smallest absolute Gasteiger partial charge is 0.310 e. The summed E-state index contributed by atoms with van der Waals surface area (Å²) in [6.45, 7) is 2.03. The lowest BCUT2D eigenvalue weighted by Crippen LogP contribution is -2.42. The average Bonchev–Trinajstić information content (AvgIpc) is 2.64. The summed E-state index contributed by atoms with van der Waals surface area (Å²) in [5.74, 6) is 0.967. The van der Waals surface area contributed by atoms with Gasteiger partial charge in [0.15, 0.2) is 23.9 Å². The van der Waals surface area contributed by atoms with Crippen LogP contribution < -0.4 is 19.5 Å². The van der Waals surface area contributed by atoms with Crippen LogP contribution in [0.3, 0.4) is 0 Å². The molecule has 2 aromatic rings. The van der Waals surface area contributed by atoms with Crippen LogP contribution in [-0.4, -0.2) is 36.7 Å². The first-order valence-corrected chi connectivity index (χ1v) is 8.06. The van der Waals surface area contributed by atoms with Crippen LogP contribution in [0.4, 0.5) is 5.69 Å². The number of carbonyl (C=O) groups is 1. The van der Waals surface area contributed by atoms with Crippen molar-refractivity contribution in [1.29, 1.82) is 0 Å². The maximum absolute atomic E-state index is 12.0. The van der Waals surface area contributed by atoms with E-state index in [9.17, 15) is 14.9 Å². The van der Waals surface area contributed by atoms with Gasteiger partial charge in [-0.25, -0.2) is 0 Å². The van der Waals surface area contributed by atoms with E-state index in [4.69, 9.17) is 14.2 Å². The molecule has 1 heterocycles. The summed E-state index contributed by atoms with van der Waals surface area (Å²) >= 11 is 0. The molecule has 1 N–H and O–H groups in total. The first kappa shape index (κ1) is 17.5. The molecule has 8 nitrogen and oxygen atoms in total. The number of aryl methyl sites for hydroxylation is 1. The highest BCUT2D eigenvalue weighted by Crippen LogP contribution is 2.30. The van der Waals surface area contributed by atoms with Gasteiger partial charge in [-0.15, -0.1) is 0 Å². The first-order chi connectivity index (χ1) is 12.5. The number of rotatable bonds is 6. The van der Waals surface area contributed by atoms with Crippen molar-refractivity contribution in [2.45, 2.75) is 13.0 Å². The average molecular weight is 358 g/mol. The largest absolute Gasteiger partial charge is 0.486 e. The number of hydrogen-bond donors (Lipinski definition) is 1. The molecule has 8 heteroatoms. The number of hydrogen-bond acceptors (Lipinski definition) is 6. The Morgan fingerprint density at radius 2 is 2.08 bits per heavy atom. The molecular formula is C18H18N2O6. The van der Waals surface area contributed by atoms with Crippen LogP contribution in [0.2, 0.25) is 0 Å². The van der Waals surface area contributed by atoms with E-state index < -0.39 is 10.8 Å². The van der Waals surface area contributed by atoms with Gasteiger partial charge in [0.2, 0.25) is 0 Å². The summed E-state index contributed by atoms with van der Waals surface area (Å²) < 4.78 is 16.6. The third kappa shape index (κ3) is 4.21. The second kappa shape index (κ2) is 7.73. The Morgan fingerprint density at radius 1 is 1.31 bits per heavy atom. The van der Waals surface area contributed by atoms with Crippen LogP contribution in [-0.2, 0) is 4.79 Å². The SMILES string of the molecule is Cc1ccc([N+](=O)[O-])c(OCC(=O)NC[C@@H]2COc3ccccc3O2)c1. The Labute approximate surface area is 149 Å². The van der Waals surface area contributed by atoms with Crippen molar-refractivity contribution in [3.8, 4) is 17.2 Å². The molecule has 1 amide bonds. The third-order valence-corrected chi connectivity index (χ3v) is 3.77. The van der Waals surface area contributed by atoms with Crippen LogP contribution in [0, 0.1) is 17.0 Å². The standard InChI is InChI=1S/C18H18N2O6/c1-12-6-7-14(20(22)23)17(8-12)25-11-18(21)19-9-13-10-24-15-4-2-3-5-16(15)26-13/h2-8,13H,9-11H2,1H3,(H,19,21)/t13-/m1/s1. The molecule has 0 aliphatic carbocycles. The Bertz CT molecular complexity index is 823. The molecule has 136 valence electrons. The van der Waals surface area contributed by atoms with E-state index in [1.807, 2.05) is 18.2 Å². The first-order valence-electron chi connectivity index (χ1n) is 8.06. The number of ether oxygens (including phenoxy) is 3. The number of fused-ring (bicyclic) bond motifs is 1. The minimum Gasteiger partial charge on any atom is -0.486 e. The lowest BCUT2D eigenvalue weighted by molar-refractivity contribution is -0.385. The molecule has 0 saturated carbocycles. The molecule has 0 spiro atoms. The van der Waals surface area contributed by atoms with Gasteiger partial charge in [0, 0.05) is 6.07 Å². The molecule has 0 bridgehead atoms. The number of nitro benzene ring substituents is 1. The summed E-state index contributed by atoms with van der Waals surface area (Å²) in [5.41, 5.74) is 0.626. The zero-order valence-electron chi connectivity index (χ0n) is 14.1. The third-order valence-electron chi connectivity index (χ3n) is 3.77. The highest BCUT2D eigenvalue weighted by molar-refractivity contribution is 5.77. The topological polar surface area (TPSA) is 99.9 Å². The van der Waals surface area contributed by atoms with Crippen LogP contribution in [0.1, 0.15) is 5.56 Å². The maximum Gasteiger partial charge on any atom is 0.310 e. The van der Waals surface area contributed by atoms with Gasteiger partial charge in [-0.2, -0.15) is 0 Å². The van der Waals surface area contributed by atoms with Crippen molar-refractivity contribution >= 4 is 11.6 Å². The molecule has 1 atom stereocenters. The summed E-state index contributed by atoms with van der Waals surface area (Å²) in [6, 6.07) is 11.8. The molecule has 0 fully saturated rings. The number of benzene rings is 2. The molecule has 0 radical (unpaired) electrons. The van der Waals surface area contributed by atoms with Crippen molar-refractivity contribution in [2.24, 2.45) is 0 Å². The molecule has 1 aliphatic heterocycles. The fourth-order valence-electron chi connectivity index (χ4n) is 2.47. The predicted molar refractivity (Wildman–Crippen MR) is 92.7 cm³/mol. The van der Waals surface area contributed by atoms with E-state index in [2.05, 4.69) is 5.32 Å². The molecule has 0 saturated heterocycles. The molecule has 3 rings (SSSR count). The van der Waals surface area contributed by atoms with Crippen LogP contribution in [0.15, 0.2) is 42.5 Å². The van der Waals surface area contributed by atoms with Crippen molar-refractivity contribution in [1.82, 2.24) is 5.32 Å². The fourth-order valence-corrected chi connectivity index (χ4v) is 2.47. The predicted octanol–water partition coefficient (Wildman–Crippen LogP) is 2.24. The lowest BCUT2D eigenvalue weighted by Gasteiger charge is -2.26. The van der Waals surface area contributed by atoms with E-state index in [0.29, 0.717) is 18.1 Å². The number of nitro groups is 1. The van der Waals surface area contributed by atoms with Gasteiger partial charge in [-0.1, -0.05) is 18.2 Å². The maximum atomic E-state index is 12.0. The summed E-state index contributed by atoms with van der Waals surface area (Å²) in [4.78, 5) is 22.4. The number of carbonyl (C=O) groups excluding carboxylic acids is 1. The summed E-state index contributed by atoms with van der Waals surface area (Å²) in [5, 5.41) is 13.7. The van der Waals surface area contributed by atoms with Crippen LogP contribution >= 0.6 is 0 Å². The van der Waals surface area contributed by atoms with Gasteiger partial charge < -0.3 is 19.5 Å². The second-order valence-corrected chi connectivity index (χ2v) is 5.82. The minimum absolute atomic E-state index is 0.0660. The highest BCUT2D eigenvalue weighted by atomic mass is 16.6. The van der Waals surface area contributed by atoms with Gasteiger partial charge in [0.25, 0.3) is 5.91 Å². The number of para-hydroxylation sites is 2. The molecule has 2 aromatic carbocycles. The molecular weight excluding hydrogens is 340 g/mol. The quantitative estimate of drug-likeness (QED) is 0.628. The summed E-state index contributed by atoms with van der Waals surface area (Å²) in [6.07, 6.45) is -0.317. The molecule has 26 heavy (non-hydrogen) atoms. The van der Waals surface area contributed by atoms with E-state index in [0.717, 1.165) is 5.56 Å². The van der Waals surface area contributed by atoms with E-state index in [1.165, 1.54) is 12.1 Å². The van der Waals surface area contributed by atoms with E-state index in [-0.39, 0.29) is 30.7 Å². The van der Waals surface area contributed by atoms with Gasteiger partial charge >= 0.3 is 5.69 Å². The molecule has 0 unspecified atom stereocenters. The Kier molecular flexibility index (Phi) is 5.21. The lowest BCUT2D eigenvalue weighted by atomic mass is 10.2. The zero-order chi connectivity index (χ0) is 18.5. The van der Waals surface area contributed by atoms with Gasteiger partial charge in [0.1, 0.15) is 12.7 Å². The Balaban J connectivity index is 1.50. The number of amides is 1. The highest BCUT2D eigenvalue weighted by Gasteiger charge is 2.21. The van der Waals surface area contributed by atoms with E-state index in [1.54, 1.807) is 19.1 Å². The minimum atomic E-state index is -0.544. The normalized spacial score (nSPS) is 15.2. The van der Waals surface area contributed by atoms with Gasteiger partial charge in [0.05, 0.1) is 11.5 Å². The van der Waals surface area contributed by atoms with Crippen LogP contribution in [0.25, 0.3) is 0 Å². The Morgan fingerprint density at radius 3 is 2.85 bits per heavy atom. The van der Waals surface area contributed by atoms with Gasteiger partial charge in [-0.3, -0.25) is 14.9 Å². The number of nitrogens with zero attached hydrogens (tertiary/aromatic N) is 1. The van der Waals surface area contributed by atoms with Crippen LogP contribution in [0.5, 0.6) is 17.2 Å². The van der Waals surface area contributed by atoms with Crippen molar-refractivity contribution < 1.29 is 23.9 Å². The zero-order valence-corrected chi connectivity index (χ0v) is 14.1. The van der Waals surface area contributed by atoms with E-state index >= 15 is 0 Å². The Hall–Kier alpha value is -3.29. The fraction of sp³-hybridized carbons (Fsp3) is 0.278. The van der Waals surface area contributed by atoms with Crippen molar-refractivity contribution in [2.75, 3.05) is 19.8 Å². The van der Waals surface area contributed by atoms with Crippen molar-refractivity contribution in [3.63, 3.8) is 0 Å². The number of nitrogens with one attached hydrogen (secondary N) is 1. The summed E-state index contributed by atoms with van der Waals surface area (Å²) in [7, 11) is 0. The monoisotopic (exact) mass is 358 g/mol.